The van der Waals surface area contributed by atoms with Gasteiger partial charge in [-0.1, -0.05) is 12.1 Å². The molecule has 0 saturated carbocycles. The van der Waals surface area contributed by atoms with Gasteiger partial charge in [-0.05, 0) is 50.1 Å². The highest BCUT2D eigenvalue weighted by atomic mass is 16.5. The van der Waals surface area contributed by atoms with Crippen molar-refractivity contribution in [3.05, 3.63) is 70.3 Å². The number of esters is 1. The Kier molecular flexibility index (Phi) is 5.93. The summed E-state index contributed by atoms with van der Waals surface area (Å²) in [5, 5.41) is 12.3. The van der Waals surface area contributed by atoms with Crippen LogP contribution in [0.15, 0.2) is 41.0 Å². The predicted molar refractivity (Wildman–Crippen MR) is 111 cm³/mol. The zero-order valence-electron chi connectivity index (χ0n) is 17.0. The first-order valence-corrected chi connectivity index (χ1v) is 9.27. The summed E-state index contributed by atoms with van der Waals surface area (Å²) < 4.78 is 12.3. The van der Waals surface area contributed by atoms with E-state index in [-0.39, 0.29) is 5.56 Å². The number of nitrogens with zero attached hydrogens (tertiary/aromatic N) is 2. The maximum absolute atomic E-state index is 12.5. The van der Waals surface area contributed by atoms with Gasteiger partial charge in [-0.15, -0.1) is 0 Å². The van der Waals surface area contributed by atoms with Gasteiger partial charge >= 0.3 is 5.97 Å². The van der Waals surface area contributed by atoms with E-state index in [1.807, 2.05) is 13.8 Å². The van der Waals surface area contributed by atoms with Gasteiger partial charge in [0.05, 0.1) is 23.9 Å². The zero-order valence-corrected chi connectivity index (χ0v) is 17.0. The van der Waals surface area contributed by atoms with Crippen LogP contribution >= 0.6 is 0 Å². The summed E-state index contributed by atoms with van der Waals surface area (Å²) in [5.74, 6) is -0.246. The zero-order chi connectivity index (χ0) is 21.8. The van der Waals surface area contributed by atoms with Gasteiger partial charge in [0.15, 0.2) is 6.61 Å². The molecule has 3 N–H and O–H groups in total. The second-order valence-electron chi connectivity index (χ2n) is 6.87. The van der Waals surface area contributed by atoms with Gasteiger partial charge in [0.25, 0.3) is 5.91 Å². The molecule has 0 unspecified atom stereocenters. The van der Waals surface area contributed by atoms with Gasteiger partial charge in [-0.3, -0.25) is 4.79 Å². The van der Waals surface area contributed by atoms with E-state index in [0.717, 1.165) is 16.8 Å². The predicted octanol–water partition coefficient (Wildman–Crippen LogP) is 3.30. The molecule has 3 rings (SSSR count). The highest BCUT2D eigenvalue weighted by Crippen LogP contribution is 2.27. The van der Waals surface area contributed by atoms with E-state index in [4.69, 9.17) is 14.9 Å². The molecule has 8 heteroatoms. The van der Waals surface area contributed by atoms with Crippen molar-refractivity contribution in [1.82, 2.24) is 4.57 Å². The van der Waals surface area contributed by atoms with Crippen LogP contribution < -0.4 is 11.1 Å². The normalized spacial score (nSPS) is 10.5. The van der Waals surface area contributed by atoms with E-state index in [0.29, 0.717) is 29.4 Å². The van der Waals surface area contributed by atoms with Crippen LogP contribution in [-0.4, -0.2) is 23.1 Å². The molecule has 0 aliphatic heterocycles. The number of aromatic nitrogens is 1. The summed E-state index contributed by atoms with van der Waals surface area (Å²) in [4.78, 5) is 24.8. The first-order chi connectivity index (χ1) is 14.3. The number of aryl methyl sites for hydroxylation is 1. The van der Waals surface area contributed by atoms with Crippen LogP contribution in [0.2, 0.25) is 0 Å². The third-order valence-electron chi connectivity index (χ3n) is 4.97. The molecule has 0 saturated heterocycles. The maximum Gasteiger partial charge on any atom is 0.340 e. The topological polar surface area (TPSA) is 123 Å². The fourth-order valence-electron chi connectivity index (χ4n) is 3.12. The van der Waals surface area contributed by atoms with Crippen molar-refractivity contribution in [1.29, 1.82) is 5.26 Å². The number of amides is 1. The number of nitrogens with two attached hydrogens (primary N) is 1. The molecular weight excluding hydrogens is 384 g/mol. The molecule has 1 aromatic carbocycles. The van der Waals surface area contributed by atoms with Crippen LogP contribution in [0.4, 0.5) is 11.5 Å². The first-order valence-electron chi connectivity index (χ1n) is 9.27. The number of rotatable bonds is 6. The van der Waals surface area contributed by atoms with Crippen molar-refractivity contribution in [3.63, 3.8) is 0 Å². The molecule has 3 aromatic rings. The van der Waals surface area contributed by atoms with Gasteiger partial charge in [0.1, 0.15) is 17.6 Å². The second-order valence-corrected chi connectivity index (χ2v) is 6.87. The fraction of sp³-hybridized carbons (Fsp3) is 0.227. The molecule has 1 amide bonds. The molecule has 0 spiro atoms. The quantitative estimate of drug-likeness (QED) is 0.478. The van der Waals surface area contributed by atoms with Crippen LogP contribution in [-0.2, 0) is 16.1 Å². The number of hydrogen-bond donors (Lipinski definition) is 2. The third-order valence-corrected chi connectivity index (χ3v) is 4.97. The molecule has 0 bridgehead atoms. The monoisotopic (exact) mass is 406 g/mol. The Labute approximate surface area is 173 Å². The third kappa shape index (κ3) is 4.05. The Morgan fingerprint density at radius 2 is 2.00 bits per heavy atom. The van der Waals surface area contributed by atoms with Gasteiger partial charge in [-0.25, -0.2) is 4.79 Å². The summed E-state index contributed by atoms with van der Waals surface area (Å²) in [6, 6.07) is 10.7. The molecule has 0 fully saturated rings. The second kappa shape index (κ2) is 8.57. The minimum Gasteiger partial charge on any atom is -0.467 e. The van der Waals surface area contributed by atoms with Crippen LogP contribution in [0.5, 0.6) is 0 Å². The molecule has 2 heterocycles. The number of nitrogens with one attached hydrogen (secondary N) is 1. The Bertz CT molecular complexity index is 1140. The largest absolute Gasteiger partial charge is 0.467 e. The van der Waals surface area contributed by atoms with E-state index < -0.39 is 18.5 Å². The fourth-order valence-corrected chi connectivity index (χ4v) is 3.12. The van der Waals surface area contributed by atoms with Crippen LogP contribution in [0.1, 0.15) is 38.5 Å². The number of anilines is 2. The van der Waals surface area contributed by atoms with E-state index in [1.54, 1.807) is 42.0 Å². The number of nitriles is 1. The lowest BCUT2D eigenvalue weighted by Gasteiger charge is -2.12. The van der Waals surface area contributed by atoms with Crippen molar-refractivity contribution >= 4 is 23.4 Å². The molecular formula is C22H22N4O4. The molecule has 0 aliphatic carbocycles. The summed E-state index contributed by atoms with van der Waals surface area (Å²) in [7, 11) is 0. The minimum absolute atomic E-state index is 0.202. The number of benzene rings is 1. The van der Waals surface area contributed by atoms with E-state index >= 15 is 0 Å². The van der Waals surface area contributed by atoms with Crippen molar-refractivity contribution in [2.24, 2.45) is 0 Å². The highest BCUT2D eigenvalue weighted by molar-refractivity contribution is 5.98. The lowest BCUT2D eigenvalue weighted by molar-refractivity contribution is -0.119. The molecule has 0 radical (unpaired) electrons. The molecule has 8 nitrogen and oxygen atoms in total. The van der Waals surface area contributed by atoms with Gasteiger partial charge in [-0.2, -0.15) is 5.26 Å². The van der Waals surface area contributed by atoms with Crippen molar-refractivity contribution < 1.29 is 18.7 Å². The average molecular weight is 406 g/mol. The molecule has 0 aliphatic rings. The van der Waals surface area contributed by atoms with Crippen molar-refractivity contribution in [3.8, 4) is 6.07 Å². The Morgan fingerprint density at radius 3 is 2.67 bits per heavy atom. The number of furan rings is 1. The van der Waals surface area contributed by atoms with Crippen LogP contribution in [0, 0.1) is 32.1 Å². The first kappa shape index (κ1) is 20.7. The SMILES string of the molecule is Cc1cccc(C(=O)OCC(=O)Nc2c(C#N)c(C)c(C)n2Cc2ccco2)c1N. The van der Waals surface area contributed by atoms with Crippen molar-refractivity contribution in [2.45, 2.75) is 27.3 Å². The van der Waals surface area contributed by atoms with Crippen LogP contribution in [0.25, 0.3) is 0 Å². The average Bonchev–Trinajstić information content (AvgIpc) is 3.31. The summed E-state index contributed by atoms with van der Waals surface area (Å²) in [6.07, 6.45) is 1.56. The number of para-hydroxylation sites is 1. The maximum atomic E-state index is 12.5. The molecule has 30 heavy (non-hydrogen) atoms. The van der Waals surface area contributed by atoms with Crippen LogP contribution in [0.3, 0.4) is 0 Å². The Morgan fingerprint density at radius 1 is 1.23 bits per heavy atom. The van der Waals surface area contributed by atoms with E-state index in [2.05, 4.69) is 11.4 Å². The molecule has 2 aromatic heterocycles. The Balaban J connectivity index is 1.76. The summed E-state index contributed by atoms with van der Waals surface area (Å²) in [6.45, 7) is 5.27. The lowest BCUT2D eigenvalue weighted by atomic mass is 10.1. The highest BCUT2D eigenvalue weighted by Gasteiger charge is 2.21. The summed E-state index contributed by atoms with van der Waals surface area (Å²) >= 11 is 0. The number of carbonyl (C=O) groups excluding carboxylic acids is 2. The number of ether oxygens (including phenoxy) is 1. The number of carbonyl (C=O) groups is 2. The molecule has 0 atom stereocenters. The van der Waals surface area contributed by atoms with Gasteiger partial charge < -0.3 is 24.8 Å². The minimum atomic E-state index is -0.690. The smallest absolute Gasteiger partial charge is 0.340 e. The van der Waals surface area contributed by atoms with Crippen molar-refractivity contribution in [2.75, 3.05) is 17.7 Å². The standard InChI is InChI=1S/C22H22N4O4/c1-13-6-4-8-17(20(13)24)22(28)30-12-19(27)25-21-18(10-23)14(2)15(3)26(21)11-16-7-5-9-29-16/h4-9H,11-12,24H2,1-3H3,(H,25,27). The number of nitrogen functional groups attached to an aromatic ring is 1. The molecule has 154 valence electrons. The summed E-state index contributed by atoms with van der Waals surface area (Å²) in [5.41, 5.74) is 9.09. The Hall–Kier alpha value is -3.99. The lowest BCUT2D eigenvalue weighted by Crippen LogP contribution is -2.23. The van der Waals surface area contributed by atoms with Gasteiger partial charge in [0.2, 0.25) is 0 Å². The van der Waals surface area contributed by atoms with Gasteiger partial charge in [0, 0.05) is 11.4 Å². The number of hydrogen-bond acceptors (Lipinski definition) is 6. The van der Waals surface area contributed by atoms with E-state index in [1.165, 1.54) is 6.07 Å². The van der Waals surface area contributed by atoms with E-state index in [9.17, 15) is 14.9 Å².